The maximum Gasteiger partial charge on any atom is 0.418 e. The lowest BCUT2D eigenvalue weighted by Crippen LogP contribution is -2.38. The Morgan fingerprint density at radius 3 is 2.47 bits per heavy atom. The molecule has 0 aliphatic carbocycles. The van der Waals surface area contributed by atoms with Crippen LogP contribution in [0.2, 0.25) is 0 Å². The van der Waals surface area contributed by atoms with Gasteiger partial charge in [0.25, 0.3) is 0 Å². The normalized spacial score (nSPS) is 11.2. The van der Waals surface area contributed by atoms with Crippen LogP contribution in [0.1, 0.15) is 24.8 Å². The smallest absolute Gasteiger partial charge is 0.418 e. The number of aryl methyl sites for hydroxylation is 1. The Hall–Kier alpha value is -3.89. The van der Waals surface area contributed by atoms with Crippen LogP contribution in [-0.4, -0.2) is 47.1 Å². The lowest BCUT2D eigenvalue weighted by atomic mass is 10.1. The van der Waals surface area contributed by atoms with Crippen molar-refractivity contribution in [3.63, 3.8) is 0 Å². The van der Waals surface area contributed by atoms with Crippen LogP contribution in [0.25, 0.3) is 11.4 Å². The lowest BCUT2D eigenvalue weighted by Gasteiger charge is -2.21. The molecule has 2 aromatic carbocycles. The number of anilines is 1. The first-order valence-corrected chi connectivity index (χ1v) is 10.4. The van der Waals surface area contributed by atoms with Gasteiger partial charge in [0.15, 0.2) is 0 Å². The molecule has 0 radical (unpaired) electrons. The van der Waals surface area contributed by atoms with Gasteiger partial charge in [0.05, 0.1) is 24.9 Å². The number of carbonyl (C=O) groups is 2. The minimum atomic E-state index is -4.61. The van der Waals surface area contributed by atoms with Crippen LogP contribution in [0, 0.1) is 0 Å². The average Bonchev–Trinajstić information content (AvgIpc) is 3.30. The van der Waals surface area contributed by atoms with Gasteiger partial charge in [0, 0.05) is 24.9 Å². The summed E-state index contributed by atoms with van der Waals surface area (Å²) in [5.74, 6) is 0.194. The molecule has 0 saturated carbocycles. The Morgan fingerprint density at radius 2 is 1.82 bits per heavy atom. The van der Waals surface area contributed by atoms with Crippen LogP contribution in [-0.2, 0) is 22.2 Å². The molecule has 0 spiro atoms. The van der Waals surface area contributed by atoms with Crippen molar-refractivity contribution in [3.8, 4) is 17.1 Å². The van der Waals surface area contributed by atoms with Gasteiger partial charge in [0.1, 0.15) is 5.75 Å². The molecule has 0 aliphatic rings. The third kappa shape index (κ3) is 6.33. The molecule has 0 aliphatic heterocycles. The van der Waals surface area contributed by atoms with E-state index in [0.29, 0.717) is 17.1 Å². The number of halogens is 3. The molecule has 1 heterocycles. The lowest BCUT2D eigenvalue weighted by molar-refractivity contribution is -0.137. The number of benzene rings is 2. The van der Waals surface area contributed by atoms with Gasteiger partial charge < -0.3 is 19.5 Å². The molecule has 2 amide bonds. The molecule has 0 bridgehead atoms. The first-order valence-electron chi connectivity index (χ1n) is 10.4. The van der Waals surface area contributed by atoms with Crippen molar-refractivity contribution in [1.82, 2.24) is 15.0 Å². The summed E-state index contributed by atoms with van der Waals surface area (Å²) >= 11 is 0. The Morgan fingerprint density at radius 1 is 1.12 bits per heavy atom. The topological polar surface area (TPSA) is 97.6 Å². The molecule has 0 fully saturated rings. The quantitative estimate of drug-likeness (QED) is 0.498. The molecule has 3 rings (SSSR count). The second-order valence-corrected chi connectivity index (χ2v) is 7.24. The Bertz CT molecular complexity index is 1130. The van der Waals surface area contributed by atoms with Crippen molar-refractivity contribution in [1.29, 1.82) is 0 Å². The third-order valence-corrected chi connectivity index (χ3v) is 4.94. The number of rotatable bonds is 9. The first kappa shape index (κ1) is 24.7. The standard InChI is InChI=1S/C23H23F3N4O4/c1-3-30(14-19(31)27-18-7-5-4-6-17(18)23(24,25)26)21(32)13-12-20-28-22(29-34-20)15-8-10-16(33-2)11-9-15/h4-11H,3,12-14H2,1-2H3,(H,27,31). The van der Waals surface area contributed by atoms with Gasteiger partial charge in [-0.25, -0.2) is 0 Å². The fourth-order valence-electron chi connectivity index (χ4n) is 3.16. The molecule has 3 aromatic rings. The summed E-state index contributed by atoms with van der Waals surface area (Å²) in [6, 6.07) is 11.7. The van der Waals surface area contributed by atoms with Crippen molar-refractivity contribution in [2.45, 2.75) is 25.9 Å². The van der Waals surface area contributed by atoms with E-state index in [0.717, 1.165) is 12.1 Å². The van der Waals surface area contributed by atoms with Gasteiger partial charge >= 0.3 is 6.18 Å². The summed E-state index contributed by atoms with van der Waals surface area (Å²) < 4.78 is 49.7. The fraction of sp³-hybridized carbons (Fsp3) is 0.304. The zero-order chi connectivity index (χ0) is 24.7. The van der Waals surface area contributed by atoms with Crippen LogP contribution in [0.15, 0.2) is 53.1 Å². The van der Waals surface area contributed by atoms with E-state index in [1.165, 1.54) is 17.0 Å². The number of aromatic nitrogens is 2. The number of hydrogen-bond acceptors (Lipinski definition) is 6. The highest BCUT2D eigenvalue weighted by molar-refractivity contribution is 5.95. The predicted molar refractivity (Wildman–Crippen MR) is 117 cm³/mol. The van der Waals surface area contributed by atoms with Gasteiger partial charge in [-0.1, -0.05) is 17.3 Å². The fourth-order valence-corrected chi connectivity index (χ4v) is 3.16. The van der Waals surface area contributed by atoms with E-state index < -0.39 is 17.6 Å². The highest BCUT2D eigenvalue weighted by Gasteiger charge is 2.33. The highest BCUT2D eigenvalue weighted by Crippen LogP contribution is 2.34. The van der Waals surface area contributed by atoms with Crippen LogP contribution >= 0.6 is 0 Å². The maximum absolute atomic E-state index is 13.1. The summed E-state index contributed by atoms with van der Waals surface area (Å²) in [4.78, 5) is 30.4. The number of methoxy groups -OCH3 is 1. The summed E-state index contributed by atoms with van der Waals surface area (Å²) in [5.41, 5.74) is -0.602. The molecule has 0 unspecified atom stereocenters. The van der Waals surface area contributed by atoms with Gasteiger partial charge in [0.2, 0.25) is 23.5 Å². The Labute approximate surface area is 193 Å². The van der Waals surface area contributed by atoms with Gasteiger partial charge in [-0.05, 0) is 43.3 Å². The maximum atomic E-state index is 13.1. The van der Waals surface area contributed by atoms with E-state index in [2.05, 4.69) is 15.5 Å². The molecular weight excluding hydrogens is 453 g/mol. The van der Waals surface area contributed by atoms with E-state index in [1.54, 1.807) is 38.3 Å². The Kier molecular flexibility index (Phi) is 7.87. The van der Waals surface area contributed by atoms with Gasteiger partial charge in [-0.3, -0.25) is 9.59 Å². The van der Waals surface area contributed by atoms with Gasteiger partial charge in [-0.2, -0.15) is 18.2 Å². The molecule has 180 valence electrons. The van der Waals surface area contributed by atoms with Gasteiger partial charge in [-0.15, -0.1) is 0 Å². The van der Waals surface area contributed by atoms with Crippen molar-refractivity contribution in [2.75, 3.05) is 25.5 Å². The number of likely N-dealkylation sites (N-methyl/N-ethyl adjacent to an activating group) is 1. The number of carbonyl (C=O) groups excluding carboxylic acids is 2. The monoisotopic (exact) mass is 476 g/mol. The number of ether oxygens (including phenoxy) is 1. The SMILES string of the molecule is CCN(CC(=O)Nc1ccccc1C(F)(F)F)C(=O)CCc1nc(-c2ccc(OC)cc2)no1. The van der Waals surface area contributed by atoms with Crippen LogP contribution in [0.5, 0.6) is 5.75 Å². The average molecular weight is 476 g/mol. The predicted octanol–water partition coefficient (Wildman–Crippen LogP) is 4.18. The molecule has 1 aromatic heterocycles. The van der Waals surface area contributed by atoms with E-state index in [9.17, 15) is 22.8 Å². The summed E-state index contributed by atoms with van der Waals surface area (Å²) in [5, 5.41) is 6.14. The van der Waals surface area contributed by atoms with Crippen LogP contribution < -0.4 is 10.1 Å². The number of nitrogens with one attached hydrogen (secondary N) is 1. The van der Waals surface area contributed by atoms with Crippen LogP contribution in [0.3, 0.4) is 0 Å². The molecule has 0 saturated heterocycles. The number of nitrogens with zero attached hydrogens (tertiary/aromatic N) is 3. The van der Waals surface area contributed by atoms with Crippen LogP contribution in [0.4, 0.5) is 18.9 Å². The molecule has 0 atom stereocenters. The first-order chi connectivity index (χ1) is 16.2. The minimum Gasteiger partial charge on any atom is -0.497 e. The third-order valence-electron chi connectivity index (χ3n) is 4.94. The summed E-state index contributed by atoms with van der Waals surface area (Å²) in [7, 11) is 1.56. The number of amides is 2. The van der Waals surface area contributed by atoms with E-state index in [1.807, 2.05) is 0 Å². The zero-order valence-corrected chi connectivity index (χ0v) is 18.6. The molecule has 34 heavy (non-hydrogen) atoms. The number of hydrogen-bond donors (Lipinski definition) is 1. The van der Waals surface area contributed by atoms with Crippen molar-refractivity contribution in [2.24, 2.45) is 0 Å². The van der Waals surface area contributed by atoms with Crippen molar-refractivity contribution in [3.05, 3.63) is 60.0 Å². The zero-order valence-electron chi connectivity index (χ0n) is 18.6. The summed E-state index contributed by atoms with van der Waals surface area (Å²) in [6.07, 6.45) is -4.47. The molecule has 11 heteroatoms. The van der Waals surface area contributed by atoms with Crippen molar-refractivity contribution >= 4 is 17.5 Å². The number of alkyl halides is 3. The van der Waals surface area contributed by atoms with Crippen molar-refractivity contribution < 1.29 is 32.0 Å². The highest BCUT2D eigenvalue weighted by atomic mass is 19.4. The summed E-state index contributed by atoms with van der Waals surface area (Å²) in [6.45, 7) is 1.49. The second-order valence-electron chi connectivity index (χ2n) is 7.24. The minimum absolute atomic E-state index is 0.00942. The molecule has 8 nitrogen and oxygen atoms in total. The largest absolute Gasteiger partial charge is 0.497 e. The van der Waals surface area contributed by atoms with E-state index >= 15 is 0 Å². The molecule has 1 N–H and O–H groups in total. The Balaban J connectivity index is 1.56. The van der Waals surface area contributed by atoms with E-state index in [4.69, 9.17) is 9.26 Å². The molecular formula is C23H23F3N4O4. The number of para-hydroxylation sites is 1. The van der Waals surface area contributed by atoms with E-state index in [-0.39, 0.29) is 43.4 Å². The second kappa shape index (κ2) is 10.8.